The quantitative estimate of drug-likeness (QED) is 0.358. The van der Waals surface area contributed by atoms with Crippen molar-refractivity contribution in [1.29, 1.82) is 0 Å². The normalized spacial score (nSPS) is 17.6. The third kappa shape index (κ3) is 6.03. The Kier molecular flexibility index (Phi) is 9.26. The lowest BCUT2D eigenvalue weighted by Gasteiger charge is -2.21. The van der Waals surface area contributed by atoms with Gasteiger partial charge in [0.25, 0.3) is 0 Å². The molecule has 2 aliphatic rings. The summed E-state index contributed by atoms with van der Waals surface area (Å²) in [5.74, 6) is 2.67. The third-order valence-electron chi connectivity index (χ3n) is 7.40. The number of nitrogens with zero attached hydrogens (tertiary/aromatic N) is 2. The van der Waals surface area contributed by atoms with E-state index in [0.717, 1.165) is 47.9 Å². The first-order chi connectivity index (χ1) is 17.7. The van der Waals surface area contributed by atoms with E-state index >= 15 is 0 Å². The van der Waals surface area contributed by atoms with Crippen molar-refractivity contribution in [2.45, 2.75) is 76.3 Å². The van der Waals surface area contributed by atoms with Gasteiger partial charge in [-0.2, -0.15) is 0 Å². The first-order valence-electron chi connectivity index (χ1n) is 13.3. The fourth-order valence-corrected chi connectivity index (χ4v) is 5.38. The van der Waals surface area contributed by atoms with Crippen molar-refractivity contribution in [3.63, 3.8) is 0 Å². The van der Waals surface area contributed by atoms with Crippen LogP contribution < -0.4 is 18.9 Å². The van der Waals surface area contributed by atoms with E-state index < -0.39 is 0 Å². The molecule has 0 aliphatic heterocycles. The van der Waals surface area contributed by atoms with E-state index in [-0.39, 0.29) is 0 Å². The maximum absolute atomic E-state index is 5.93. The molecule has 36 heavy (non-hydrogen) atoms. The number of methoxy groups -OCH3 is 4. The highest BCUT2D eigenvalue weighted by atomic mass is 16.5. The number of benzene rings is 2. The molecular weight excluding hydrogens is 452 g/mol. The second-order valence-electron chi connectivity index (χ2n) is 9.70. The van der Waals surface area contributed by atoms with Gasteiger partial charge in [0, 0.05) is 41.2 Å². The standard InChI is InChI=1S/C30H40N2O4/c1-33-26-16-15-21(19-31-23-11-7-5-8-12-23)29(30(26)36-4)25-18-28(35-3)27(34-2)17-22(25)20-32-24-13-9-6-10-14-24/h15-20,23-24H,5-14H2,1-4H3. The molecule has 0 amide bonds. The van der Waals surface area contributed by atoms with E-state index in [4.69, 9.17) is 28.9 Å². The highest BCUT2D eigenvalue weighted by Crippen LogP contribution is 2.44. The van der Waals surface area contributed by atoms with Crippen LogP contribution in [0.1, 0.15) is 75.3 Å². The molecule has 0 aromatic heterocycles. The number of rotatable bonds is 9. The lowest BCUT2D eigenvalue weighted by Crippen LogP contribution is -2.10. The first-order valence-corrected chi connectivity index (χ1v) is 13.3. The van der Waals surface area contributed by atoms with Crippen LogP contribution in [0.25, 0.3) is 11.1 Å². The molecule has 2 saturated carbocycles. The van der Waals surface area contributed by atoms with Gasteiger partial charge in [-0.15, -0.1) is 0 Å². The van der Waals surface area contributed by atoms with Crippen molar-refractivity contribution < 1.29 is 18.9 Å². The van der Waals surface area contributed by atoms with Gasteiger partial charge in [-0.25, -0.2) is 0 Å². The van der Waals surface area contributed by atoms with Crippen LogP contribution in [0.5, 0.6) is 23.0 Å². The molecule has 2 aromatic carbocycles. The van der Waals surface area contributed by atoms with Gasteiger partial charge in [-0.1, -0.05) is 38.5 Å². The Balaban J connectivity index is 1.86. The predicted molar refractivity (Wildman–Crippen MR) is 147 cm³/mol. The van der Waals surface area contributed by atoms with Gasteiger partial charge in [0.05, 0.1) is 28.4 Å². The fraction of sp³-hybridized carbons (Fsp3) is 0.533. The zero-order valence-electron chi connectivity index (χ0n) is 22.2. The molecule has 0 atom stereocenters. The summed E-state index contributed by atoms with van der Waals surface area (Å²) >= 11 is 0. The van der Waals surface area contributed by atoms with Crippen LogP contribution in [-0.2, 0) is 0 Å². The summed E-state index contributed by atoms with van der Waals surface area (Å²) in [4.78, 5) is 9.98. The fourth-order valence-electron chi connectivity index (χ4n) is 5.38. The Labute approximate surface area is 215 Å². The largest absolute Gasteiger partial charge is 0.493 e. The molecule has 0 N–H and O–H groups in total. The number of hydrogen-bond acceptors (Lipinski definition) is 6. The average molecular weight is 493 g/mol. The van der Waals surface area contributed by atoms with Crippen LogP contribution in [0.15, 0.2) is 34.3 Å². The molecule has 2 fully saturated rings. The smallest absolute Gasteiger partial charge is 0.169 e. The zero-order chi connectivity index (χ0) is 25.3. The van der Waals surface area contributed by atoms with Gasteiger partial charge < -0.3 is 18.9 Å². The Morgan fingerprint density at radius 3 is 1.67 bits per heavy atom. The summed E-state index contributed by atoms with van der Waals surface area (Å²) < 4.78 is 23.0. The van der Waals surface area contributed by atoms with Gasteiger partial charge >= 0.3 is 0 Å². The molecule has 6 nitrogen and oxygen atoms in total. The van der Waals surface area contributed by atoms with Crippen LogP contribution in [0, 0.1) is 0 Å². The predicted octanol–water partition coefficient (Wildman–Crippen LogP) is 6.89. The van der Waals surface area contributed by atoms with E-state index in [0.29, 0.717) is 35.1 Å². The number of ether oxygens (including phenoxy) is 4. The maximum Gasteiger partial charge on any atom is 0.169 e. The maximum atomic E-state index is 5.93. The summed E-state index contributed by atoms with van der Waals surface area (Å²) in [6.45, 7) is 0. The number of hydrogen-bond donors (Lipinski definition) is 0. The molecule has 2 aromatic rings. The van der Waals surface area contributed by atoms with Crippen LogP contribution in [-0.4, -0.2) is 53.0 Å². The Morgan fingerprint density at radius 2 is 1.14 bits per heavy atom. The van der Waals surface area contributed by atoms with Crippen molar-refractivity contribution in [1.82, 2.24) is 0 Å². The van der Waals surface area contributed by atoms with E-state index in [2.05, 4.69) is 6.07 Å². The van der Waals surface area contributed by atoms with Crippen molar-refractivity contribution in [3.05, 3.63) is 35.4 Å². The molecule has 0 radical (unpaired) electrons. The Morgan fingerprint density at radius 1 is 0.611 bits per heavy atom. The van der Waals surface area contributed by atoms with Crippen LogP contribution in [0.3, 0.4) is 0 Å². The topological polar surface area (TPSA) is 61.6 Å². The van der Waals surface area contributed by atoms with E-state index in [1.165, 1.54) is 38.5 Å². The highest BCUT2D eigenvalue weighted by molar-refractivity contribution is 6.00. The molecule has 0 unspecified atom stereocenters. The molecular formula is C30H40N2O4. The Hall–Kier alpha value is -3.02. The molecule has 2 aliphatic carbocycles. The third-order valence-corrected chi connectivity index (χ3v) is 7.40. The van der Waals surface area contributed by atoms with Crippen LogP contribution >= 0.6 is 0 Å². The molecule has 4 rings (SSSR count). The lowest BCUT2D eigenvalue weighted by atomic mass is 9.93. The second kappa shape index (κ2) is 12.8. The van der Waals surface area contributed by atoms with E-state index in [1.807, 2.05) is 30.6 Å². The molecule has 6 heteroatoms. The summed E-state index contributed by atoms with van der Waals surface area (Å²) in [6, 6.07) is 8.75. The summed E-state index contributed by atoms with van der Waals surface area (Å²) in [7, 11) is 6.66. The van der Waals surface area contributed by atoms with Gasteiger partial charge in [0.1, 0.15) is 0 Å². The van der Waals surface area contributed by atoms with Crippen LogP contribution in [0.2, 0.25) is 0 Å². The summed E-state index contributed by atoms with van der Waals surface area (Å²) in [5.41, 5.74) is 3.81. The molecule has 194 valence electrons. The van der Waals surface area contributed by atoms with Crippen molar-refractivity contribution >= 4 is 12.4 Å². The van der Waals surface area contributed by atoms with Crippen molar-refractivity contribution in [2.75, 3.05) is 28.4 Å². The van der Waals surface area contributed by atoms with Gasteiger partial charge in [0.2, 0.25) is 0 Å². The van der Waals surface area contributed by atoms with Crippen molar-refractivity contribution in [3.8, 4) is 34.1 Å². The first kappa shape index (κ1) is 26.1. The average Bonchev–Trinajstić information content (AvgIpc) is 2.95. The molecule has 0 spiro atoms. The monoisotopic (exact) mass is 492 g/mol. The van der Waals surface area contributed by atoms with Gasteiger partial charge in [0.15, 0.2) is 23.0 Å². The molecule has 0 saturated heterocycles. The number of aliphatic imine (C=N–C) groups is 2. The van der Waals surface area contributed by atoms with Crippen molar-refractivity contribution in [2.24, 2.45) is 9.98 Å². The van der Waals surface area contributed by atoms with Crippen LogP contribution in [0.4, 0.5) is 0 Å². The molecule has 0 heterocycles. The van der Waals surface area contributed by atoms with E-state index in [9.17, 15) is 0 Å². The summed E-state index contributed by atoms with van der Waals surface area (Å²) in [6.07, 6.45) is 16.2. The Bertz CT molecular complexity index is 1070. The van der Waals surface area contributed by atoms with E-state index in [1.54, 1.807) is 28.4 Å². The van der Waals surface area contributed by atoms with Gasteiger partial charge in [-0.3, -0.25) is 9.98 Å². The summed E-state index contributed by atoms with van der Waals surface area (Å²) in [5, 5.41) is 0. The minimum atomic E-state index is 0.360. The van der Waals surface area contributed by atoms with Gasteiger partial charge in [-0.05, 0) is 55.5 Å². The second-order valence-corrected chi connectivity index (χ2v) is 9.70. The SMILES string of the molecule is COc1cc(C=NC2CCCCC2)c(-c2c(C=NC3CCCCC3)ccc(OC)c2OC)cc1OC. The highest BCUT2D eigenvalue weighted by Gasteiger charge is 2.22. The lowest BCUT2D eigenvalue weighted by molar-refractivity contribution is 0.354. The molecule has 0 bridgehead atoms. The zero-order valence-corrected chi connectivity index (χ0v) is 22.2. The minimum absolute atomic E-state index is 0.360. The minimum Gasteiger partial charge on any atom is -0.493 e.